The highest BCUT2D eigenvalue weighted by Gasteiger charge is 2.17. The number of rotatable bonds is 4. The summed E-state index contributed by atoms with van der Waals surface area (Å²) in [7, 11) is 0. The number of carboxylic acid groups (broad SMARTS) is 1. The van der Waals surface area contributed by atoms with E-state index >= 15 is 0 Å². The summed E-state index contributed by atoms with van der Waals surface area (Å²) in [6.07, 6.45) is 1.43. The molecule has 0 radical (unpaired) electrons. The molecule has 0 amide bonds. The highest BCUT2D eigenvalue weighted by molar-refractivity contribution is 6.43. The maximum Gasteiger partial charge on any atom is 0.356 e. The van der Waals surface area contributed by atoms with Crippen LogP contribution in [0.1, 0.15) is 36.1 Å². The number of nitrogens with one attached hydrogen (secondary N) is 1. The van der Waals surface area contributed by atoms with Crippen molar-refractivity contribution in [1.82, 2.24) is 9.97 Å². The van der Waals surface area contributed by atoms with E-state index in [9.17, 15) is 9.90 Å². The first kappa shape index (κ1) is 15.5. The number of benzene rings is 1. The second-order valence-electron chi connectivity index (χ2n) is 4.68. The first-order chi connectivity index (χ1) is 9.90. The zero-order valence-electron chi connectivity index (χ0n) is 11.4. The molecular formula is C14H13Cl2N3O2. The number of aromatic nitrogens is 2. The van der Waals surface area contributed by atoms with E-state index in [1.165, 1.54) is 6.20 Å². The molecule has 0 aliphatic carbocycles. The normalized spacial score (nSPS) is 10.7. The Bertz CT molecular complexity index is 690. The number of carboxylic acids is 1. The number of hydrogen-bond donors (Lipinski definition) is 2. The maximum absolute atomic E-state index is 11.3. The Labute approximate surface area is 131 Å². The summed E-state index contributed by atoms with van der Waals surface area (Å²) in [4.78, 5) is 19.6. The van der Waals surface area contributed by atoms with Crippen LogP contribution in [0, 0.1) is 0 Å². The van der Waals surface area contributed by atoms with Crippen molar-refractivity contribution in [3.8, 4) is 0 Å². The van der Waals surface area contributed by atoms with Crippen LogP contribution in [0.2, 0.25) is 10.0 Å². The van der Waals surface area contributed by atoms with Gasteiger partial charge >= 0.3 is 5.97 Å². The Balaban J connectivity index is 2.44. The lowest BCUT2D eigenvalue weighted by atomic mass is 10.2. The molecule has 0 fully saturated rings. The number of aromatic carboxylic acids is 1. The Morgan fingerprint density at radius 3 is 2.62 bits per heavy atom. The Hall–Kier alpha value is -1.85. The molecule has 7 heteroatoms. The van der Waals surface area contributed by atoms with Gasteiger partial charge in [0.15, 0.2) is 5.69 Å². The van der Waals surface area contributed by atoms with Crippen LogP contribution in [0.3, 0.4) is 0 Å². The predicted molar refractivity (Wildman–Crippen MR) is 82.8 cm³/mol. The summed E-state index contributed by atoms with van der Waals surface area (Å²) in [5.41, 5.74) is 0.647. The molecule has 0 saturated heterocycles. The molecule has 2 N–H and O–H groups in total. The van der Waals surface area contributed by atoms with E-state index in [0.717, 1.165) is 0 Å². The average Bonchev–Trinajstić information content (AvgIpc) is 2.43. The van der Waals surface area contributed by atoms with E-state index in [-0.39, 0.29) is 17.3 Å². The van der Waals surface area contributed by atoms with Gasteiger partial charge in [0.05, 0.1) is 27.6 Å². The summed E-state index contributed by atoms with van der Waals surface area (Å²) in [6.45, 7) is 3.78. The van der Waals surface area contributed by atoms with E-state index < -0.39 is 5.97 Å². The summed E-state index contributed by atoms with van der Waals surface area (Å²) < 4.78 is 0. The maximum atomic E-state index is 11.3. The van der Waals surface area contributed by atoms with Gasteiger partial charge in [-0.25, -0.2) is 14.8 Å². The summed E-state index contributed by atoms with van der Waals surface area (Å²) in [5.74, 6) is -0.637. The molecular weight excluding hydrogens is 313 g/mol. The Morgan fingerprint density at radius 2 is 2.00 bits per heavy atom. The van der Waals surface area contributed by atoms with E-state index in [1.807, 2.05) is 13.8 Å². The third-order valence-corrected chi connectivity index (χ3v) is 3.57. The number of anilines is 2. The van der Waals surface area contributed by atoms with Gasteiger partial charge < -0.3 is 10.4 Å². The van der Waals surface area contributed by atoms with Crippen LogP contribution in [0.4, 0.5) is 11.4 Å². The number of carbonyl (C=O) groups is 1. The van der Waals surface area contributed by atoms with Gasteiger partial charge in [-0.1, -0.05) is 43.1 Å². The van der Waals surface area contributed by atoms with E-state index in [4.69, 9.17) is 23.2 Å². The molecule has 0 saturated carbocycles. The molecule has 2 rings (SSSR count). The van der Waals surface area contributed by atoms with Crippen molar-refractivity contribution in [2.24, 2.45) is 0 Å². The molecule has 1 aromatic carbocycles. The van der Waals surface area contributed by atoms with Crippen LogP contribution in [-0.2, 0) is 0 Å². The minimum atomic E-state index is -1.14. The molecule has 0 aliphatic rings. The predicted octanol–water partition coefficient (Wildman–Crippen LogP) is 4.35. The second kappa shape index (κ2) is 6.28. The first-order valence-electron chi connectivity index (χ1n) is 6.21. The third kappa shape index (κ3) is 3.43. The Kier molecular flexibility index (Phi) is 4.65. The van der Waals surface area contributed by atoms with Crippen LogP contribution < -0.4 is 5.32 Å². The van der Waals surface area contributed by atoms with Gasteiger partial charge in [0.2, 0.25) is 0 Å². The van der Waals surface area contributed by atoms with Gasteiger partial charge in [-0.3, -0.25) is 0 Å². The Morgan fingerprint density at radius 1 is 1.29 bits per heavy atom. The van der Waals surface area contributed by atoms with Gasteiger partial charge in [-0.05, 0) is 12.1 Å². The SMILES string of the molecule is CC(C)c1ncc(Nc2cccc(Cl)c2Cl)c(C(=O)O)n1. The lowest BCUT2D eigenvalue weighted by Crippen LogP contribution is -2.10. The van der Waals surface area contributed by atoms with Crippen LogP contribution in [0.5, 0.6) is 0 Å². The second-order valence-corrected chi connectivity index (χ2v) is 5.46. The van der Waals surface area contributed by atoms with Gasteiger partial charge in [0, 0.05) is 5.92 Å². The summed E-state index contributed by atoms with van der Waals surface area (Å²) in [5, 5.41) is 12.9. The largest absolute Gasteiger partial charge is 0.476 e. The highest BCUT2D eigenvalue weighted by Crippen LogP contribution is 2.32. The average molecular weight is 326 g/mol. The van der Waals surface area contributed by atoms with Crippen LogP contribution >= 0.6 is 23.2 Å². The number of hydrogen-bond acceptors (Lipinski definition) is 4. The molecule has 0 atom stereocenters. The minimum absolute atomic E-state index is 0.0342. The lowest BCUT2D eigenvalue weighted by Gasteiger charge is -2.12. The van der Waals surface area contributed by atoms with E-state index in [0.29, 0.717) is 21.6 Å². The van der Waals surface area contributed by atoms with Crippen molar-refractivity contribution in [1.29, 1.82) is 0 Å². The quantitative estimate of drug-likeness (QED) is 0.874. The smallest absolute Gasteiger partial charge is 0.356 e. The van der Waals surface area contributed by atoms with Gasteiger partial charge in [0.1, 0.15) is 5.82 Å². The van der Waals surface area contributed by atoms with E-state index in [2.05, 4.69) is 15.3 Å². The highest BCUT2D eigenvalue weighted by atomic mass is 35.5. The summed E-state index contributed by atoms with van der Waals surface area (Å²) >= 11 is 12.0. The van der Waals surface area contributed by atoms with Gasteiger partial charge in [0.25, 0.3) is 0 Å². The van der Waals surface area contributed by atoms with Crippen LogP contribution in [0.25, 0.3) is 0 Å². The topological polar surface area (TPSA) is 75.1 Å². The van der Waals surface area contributed by atoms with Crippen molar-refractivity contribution < 1.29 is 9.90 Å². The van der Waals surface area contributed by atoms with Gasteiger partial charge in [-0.15, -0.1) is 0 Å². The monoisotopic (exact) mass is 325 g/mol. The molecule has 0 aliphatic heterocycles. The van der Waals surface area contributed by atoms with Crippen LogP contribution in [0.15, 0.2) is 24.4 Å². The molecule has 21 heavy (non-hydrogen) atoms. The fourth-order valence-electron chi connectivity index (χ4n) is 1.67. The van der Waals surface area contributed by atoms with Crippen molar-refractivity contribution in [3.05, 3.63) is 46.0 Å². The molecule has 0 bridgehead atoms. The van der Waals surface area contributed by atoms with Crippen molar-refractivity contribution >= 4 is 40.5 Å². The molecule has 2 aromatic rings. The van der Waals surface area contributed by atoms with Crippen molar-refractivity contribution in [2.75, 3.05) is 5.32 Å². The minimum Gasteiger partial charge on any atom is -0.476 e. The number of halogens is 2. The third-order valence-electron chi connectivity index (χ3n) is 2.75. The fraction of sp³-hybridized carbons (Fsp3) is 0.214. The molecule has 5 nitrogen and oxygen atoms in total. The summed E-state index contributed by atoms with van der Waals surface area (Å²) in [6, 6.07) is 5.04. The fourth-order valence-corrected chi connectivity index (χ4v) is 2.02. The van der Waals surface area contributed by atoms with Crippen molar-refractivity contribution in [3.63, 3.8) is 0 Å². The van der Waals surface area contributed by atoms with Crippen molar-refractivity contribution in [2.45, 2.75) is 19.8 Å². The zero-order chi connectivity index (χ0) is 15.6. The lowest BCUT2D eigenvalue weighted by molar-refractivity contribution is 0.0691. The standard InChI is InChI=1S/C14H13Cl2N3O2/c1-7(2)13-17-6-10(12(19-13)14(20)21)18-9-5-3-4-8(15)11(9)16/h3-7,18H,1-2H3,(H,20,21). The van der Waals surface area contributed by atoms with Crippen LogP contribution in [-0.4, -0.2) is 21.0 Å². The molecule has 0 spiro atoms. The number of nitrogens with zero attached hydrogens (tertiary/aromatic N) is 2. The molecule has 110 valence electrons. The molecule has 1 aromatic heterocycles. The molecule has 0 unspecified atom stereocenters. The molecule has 1 heterocycles. The first-order valence-corrected chi connectivity index (χ1v) is 6.97. The zero-order valence-corrected chi connectivity index (χ0v) is 12.9. The van der Waals surface area contributed by atoms with E-state index in [1.54, 1.807) is 18.2 Å². The van der Waals surface area contributed by atoms with Gasteiger partial charge in [-0.2, -0.15) is 0 Å².